The number of aromatic nitrogens is 2. The summed E-state index contributed by atoms with van der Waals surface area (Å²) in [6.45, 7) is 4.37. The van der Waals surface area contributed by atoms with E-state index in [1.807, 2.05) is 0 Å². The fourth-order valence-electron chi connectivity index (χ4n) is 10.8. The van der Waals surface area contributed by atoms with Crippen molar-refractivity contribution in [1.29, 1.82) is 0 Å². The molecule has 2 nitrogen and oxygen atoms in total. The van der Waals surface area contributed by atoms with Gasteiger partial charge < -0.3 is 9.13 Å². The summed E-state index contributed by atoms with van der Waals surface area (Å²) >= 11 is 0. The minimum Gasteiger partial charge on any atom is -0.309 e. The molecule has 0 aliphatic rings. The molecule has 0 fully saturated rings. The lowest BCUT2D eigenvalue weighted by Crippen LogP contribution is -1.94. The summed E-state index contributed by atoms with van der Waals surface area (Å²) in [5.74, 6) is 0. The van der Waals surface area contributed by atoms with E-state index in [1.165, 1.54) is 132 Å². The summed E-state index contributed by atoms with van der Waals surface area (Å²) < 4.78 is 4.80. The van der Waals surface area contributed by atoms with Crippen LogP contribution in [0.2, 0.25) is 0 Å². The molecule has 0 aliphatic carbocycles. The van der Waals surface area contributed by atoms with Crippen molar-refractivity contribution in [2.75, 3.05) is 0 Å². The van der Waals surface area contributed by atoms with Gasteiger partial charge in [-0.15, -0.1) is 0 Å². The van der Waals surface area contributed by atoms with Crippen molar-refractivity contribution in [2.45, 2.75) is 13.8 Å². The molecule has 66 heavy (non-hydrogen) atoms. The van der Waals surface area contributed by atoms with Gasteiger partial charge >= 0.3 is 0 Å². The van der Waals surface area contributed by atoms with Gasteiger partial charge in [0, 0.05) is 32.9 Å². The second-order valence-electron chi connectivity index (χ2n) is 17.8. The fraction of sp³-hybridized carbons (Fsp3) is 0.0312. The maximum absolute atomic E-state index is 2.44. The Kier molecular flexibility index (Phi) is 8.69. The Bertz CT molecular complexity index is 3760. The van der Waals surface area contributed by atoms with Crippen LogP contribution in [0.4, 0.5) is 0 Å². The highest BCUT2D eigenvalue weighted by Gasteiger charge is 2.21. The minimum absolute atomic E-state index is 1.17. The standard InChI is InChI=1S/C64H44N2/c1-41-23-31-59-53(35-41)55-37-47(27-33-61(55)65(59)49-19-11-5-12-20-49)45-25-29-51-57(39-45)63(43-15-7-3-8-16-43)52-30-26-46(40-58(52)64(51)44-17-9-4-10-18-44)48-28-34-62-56(38-48)54-36-42(2)24-32-60(54)66(62)50-21-13-6-14-22-50/h3-40H,1-2H3. The number of nitrogens with zero attached hydrogens (tertiary/aromatic N) is 2. The second-order valence-corrected chi connectivity index (χ2v) is 17.8. The van der Waals surface area contributed by atoms with E-state index in [2.05, 4.69) is 254 Å². The topological polar surface area (TPSA) is 9.86 Å². The van der Waals surface area contributed by atoms with E-state index in [4.69, 9.17) is 0 Å². The van der Waals surface area contributed by atoms with E-state index in [-0.39, 0.29) is 0 Å². The normalized spacial score (nSPS) is 11.8. The number of benzene rings is 11. The van der Waals surface area contributed by atoms with Crippen molar-refractivity contribution in [2.24, 2.45) is 0 Å². The molecule has 0 amide bonds. The Hall–Kier alpha value is -8.46. The molecule has 0 saturated heterocycles. The number of hydrogen-bond acceptors (Lipinski definition) is 0. The lowest BCUT2D eigenvalue weighted by atomic mass is 9.84. The monoisotopic (exact) mass is 840 g/mol. The van der Waals surface area contributed by atoms with Crippen LogP contribution in [0.1, 0.15) is 11.1 Å². The SMILES string of the molecule is Cc1ccc2c(c1)c1cc(-c3ccc4c(-c5ccccc5)c5cc(-c6ccc7c(c6)c6cc(C)ccc6n7-c6ccccc6)ccc5c(-c5ccccc5)c4c3)ccc1n2-c1ccccc1. The average molecular weight is 841 g/mol. The molecule has 13 rings (SSSR count). The van der Waals surface area contributed by atoms with Gasteiger partial charge in [-0.2, -0.15) is 0 Å². The Balaban J connectivity index is 1.05. The van der Waals surface area contributed by atoms with Crippen molar-refractivity contribution < 1.29 is 0 Å². The highest BCUT2D eigenvalue weighted by atomic mass is 15.0. The van der Waals surface area contributed by atoms with Gasteiger partial charge in [0.05, 0.1) is 22.1 Å². The molecule has 11 aromatic carbocycles. The summed E-state index contributed by atoms with van der Waals surface area (Å²) in [5, 5.41) is 10.0. The summed E-state index contributed by atoms with van der Waals surface area (Å²) in [4.78, 5) is 0. The first-order valence-corrected chi connectivity index (χ1v) is 22.9. The minimum atomic E-state index is 1.17. The van der Waals surface area contributed by atoms with Gasteiger partial charge in [-0.05, 0) is 165 Å². The smallest absolute Gasteiger partial charge is 0.0541 e. The van der Waals surface area contributed by atoms with E-state index in [0.29, 0.717) is 0 Å². The zero-order valence-corrected chi connectivity index (χ0v) is 36.8. The fourth-order valence-corrected chi connectivity index (χ4v) is 10.8. The average Bonchev–Trinajstić information content (AvgIpc) is 3.87. The van der Waals surface area contributed by atoms with Crippen LogP contribution in [-0.4, -0.2) is 9.13 Å². The first-order chi connectivity index (χ1) is 32.6. The van der Waals surface area contributed by atoms with Crippen LogP contribution < -0.4 is 0 Å². The molecule has 0 spiro atoms. The van der Waals surface area contributed by atoms with Gasteiger partial charge in [0.15, 0.2) is 0 Å². The van der Waals surface area contributed by atoms with Gasteiger partial charge in [0.2, 0.25) is 0 Å². The molecule has 0 radical (unpaired) electrons. The van der Waals surface area contributed by atoms with E-state index < -0.39 is 0 Å². The molecule has 310 valence electrons. The number of hydrogen-bond donors (Lipinski definition) is 0. The molecule has 0 bridgehead atoms. The summed E-state index contributed by atoms with van der Waals surface area (Å²) in [6, 6.07) is 85.4. The molecule has 13 aromatic rings. The molecular formula is C64H44N2. The highest BCUT2D eigenvalue weighted by Crippen LogP contribution is 2.47. The molecule has 2 heterocycles. The van der Waals surface area contributed by atoms with Crippen LogP contribution in [0, 0.1) is 13.8 Å². The van der Waals surface area contributed by atoms with Crippen molar-refractivity contribution in [3.05, 3.63) is 242 Å². The van der Waals surface area contributed by atoms with E-state index >= 15 is 0 Å². The van der Waals surface area contributed by atoms with Crippen molar-refractivity contribution >= 4 is 65.2 Å². The molecular weight excluding hydrogens is 797 g/mol. The number of rotatable bonds is 6. The van der Waals surface area contributed by atoms with Crippen LogP contribution in [0.15, 0.2) is 231 Å². The van der Waals surface area contributed by atoms with Crippen molar-refractivity contribution in [3.8, 4) is 55.9 Å². The molecule has 0 aliphatic heterocycles. The molecule has 0 atom stereocenters. The van der Waals surface area contributed by atoms with E-state index in [0.717, 1.165) is 0 Å². The maximum Gasteiger partial charge on any atom is 0.0541 e. The van der Waals surface area contributed by atoms with Gasteiger partial charge in [-0.25, -0.2) is 0 Å². The lowest BCUT2D eigenvalue weighted by molar-refractivity contribution is 1.18. The van der Waals surface area contributed by atoms with Gasteiger partial charge in [-0.3, -0.25) is 0 Å². The van der Waals surface area contributed by atoms with Crippen LogP contribution in [0.5, 0.6) is 0 Å². The summed E-state index contributed by atoms with van der Waals surface area (Å²) in [7, 11) is 0. The molecule has 0 saturated carbocycles. The first-order valence-electron chi connectivity index (χ1n) is 22.9. The van der Waals surface area contributed by atoms with Crippen LogP contribution >= 0.6 is 0 Å². The lowest BCUT2D eigenvalue weighted by Gasteiger charge is -2.20. The van der Waals surface area contributed by atoms with E-state index in [1.54, 1.807) is 0 Å². The third-order valence-electron chi connectivity index (χ3n) is 13.8. The van der Waals surface area contributed by atoms with Gasteiger partial charge in [-0.1, -0.05) is 157 Å². The maximum atomic E-state index is 2.44. The third-order valence-corrected chi connectivity index (χ3v) is 13.8. The van der Waals surface area contributed by atoms with Crippen LogP contribution in [0.3, 0.4) is 0 Å². The Morgan fingerprint density at radius 3 is 0.909 bits per heavy atom. The number of para-hydroxylation sites is 2. The predicted octanol–water partition coefficient (Wildman–Crippen LogP) is 17.5. The van der Waals surface area contributed by atoms with Crippen molar-refractivity contribution in [3.63, 3.8) is 0 Å². The van der Waals surface area contributed by atoms with E-state index in [9.17, 15) is 0 Å². The first kappa shape index (κ1) is 38.0. The van der Waals surface area contributed by atoms with Crippen molar-refractivity contribution in [1.82, 2.24) is 9.13 Å². The highest BCUT2D eigenvalue weighted by molar-refractivity contribution is 6.23. The third kappa shape index (κ3) is 6.03. The molecule has 2 aromatic heterocycles. The predicted molar refractivity (Wildman–Crippen MR) is 281 cm³/mol. The quantitative estimate of drug-likeness (QED) is 0.148. The van der Waals surface area contributed by atoms with Gasteiger partial charge in [0.25, 0.3) is 0 Å². The Morgan fingerprint density at radius 2 is 0.530 bits per heavy atom. The Morgan fingerprint density at radius 1 is 0.227 bits per heavy atom. The number of fused-ring (bicyclic) bond motifs is 8. The molecule has 2 heteroatoms. The Labute approximate surface area is 383 Å². The second kappa shape index (κ2) is 15.1. The summed E-state index contributed by atoms with van der Waals surface area (Å²) in [6.07, 6.45) is 0. The largest absolute Gasteiger partial charge is 0.309 e. The van der Waals surface area contributed by atoms with Crippen LogP contribution in [-0.2, 0) is 0 Å². The van der Waals surface area contributed by atoms with Crippen LogP contribution in [0.25, 0.3) is 121 Å². The number of aryl methyl sites for hydroxylation is 2. The summed E-state index contributed by atoms with van der Waals surface area (Å²) in [5.41, 5.74) is 19.4. The molecule has 0 unspecified atom stereocenters. The van der Waals surface area contributed by atoms with Gasteiger partial charge in [0.1, 0.15) is 0 Å². The zero-order chi connectivity index (χ0) is 43.9. The molecule has 0 N–H and O–H groups in total. The zero-order valence-electron chi connectivity index (χ0n) is 36.8.